The van der Waals surface area contributed by atoms with Crippen LogP contribution in [0.2, 0.25) is 0 Å². The SMILES string of the molecule is Cc1cc2c(s1)Nc1ccccc1N=C2N1CCN[C@@H](CC(C)(C)O)C1. The van der Waals surface area contributed by atoms with E-state index in [4.69, 9.17) is 4.99 Å². The van der Waals surface area contributed by atoms with E-state index in [9.17, 15) is 5.11 Å². The number of aliphatic hydroxyl groups is 1. The fraction of sp³-hybridized carbons (Fsp3) is 0.450. The van der Waals surface area contributed by atoms with Crippen LogP contribution in [0.1, 0.15) is 30.7 Å². The zero-order valence-corrected chi connectivity index (χ0v) is 16.4. The first-order chi connectivity index (χ1) is 12.4. The second kappa shape index (κ2) is 6.68. The quantitative estimate of drug-likeness (QED) is 0.756. The third kappa shape index (κ3) is 3.63. The maximum atomic E-state index is 10.2. The number of para-hydroxylation sites is 2. The summed E-state index contributed by atoms with van der Waals surface area (Å²) in [5.74, 6) is 1.03. The summed E-state index contributed by atoms with van der Waals surface area (Å²) in [5.41, 5.74) is 2.52. The van der Waals surface area contributed by atoms with Gasteiger partial charge >= 0.3 is 0 Å². The van der Waals surface area contributed by atoms with Gasteiger partial charge in [0.05, 0.1) is 22.5 Å². The Labute approximate surface area is 158 Å². The van der Waals surface area contributed by atoms with Crippen molar-refractivity contribution in [2.45, 2.75) is 38.8 Å². The predicted molar refractivity (Wildman–Crippen MR) is 109 cm³/mol. The summed E-state index contributed by atoms with van der Waals surface area (Å²) < 4.78 is 0. The zero-order valence-electron chi connectivity index (χ0n) is 15.5. The number of anilines is 2. The summed E-state index contributed by atoms with van der Waals surface area (Å²) in [7, 11) is 0. The maximum absolute atomic E-state index is 10.2. The summed E-state index contributed by atoms with van der Waals surface area (Å²) in [6, 6.07) is 10.7. The van der Waals surface area contributed by atoms with E-state index in [2.05, 4.69) is 40.7 Å². The summed E-state index contributed by atoms with van der Waals surface area (Å²) in [6.45, 7) is 8.54. The molecule has 6 heteroatoms. The van der Waals surface area contributed by atoms with E-state index in [0.717, 1.165) is 48.3 Å². The van der Waals surface area contributed by atoms with Crippen LogP contribution in [0.5, 0.6) is 0 Å². The Morgan fingerprint density at radius 1 is 1.35 bits per heavy atom. The van der Waals surface area contributed by atoms with E-state index in [1.54, 1.807) is 11.3 Å². The highest BCUT2D eigenvalue weighted by Gasteiger charge is 2.29. The topological polar surface area (TPSA) is 59.9 Å². The second-order valence-electron chi connectivity index (χ2n) is 7.79. The summed E-state index contributed by atoms with van der Waals surface area (Å²) in [6.07, 6.45) is 0.723. The van der Waals surface area contributed by atoms with E-state index < -0.39 is 5.60 Å². The molecule has 0 aliphatic carbocycles. The molecule has 2 aliphatic rings. The van der Waals surface area contributed by atoms with Crippen molar-refractivity contribution >= 4 is 33.5 Å². The van der Waals surface area contributed by atoms with E-state index in [1.807, 2.05) is 26.0 Å². The van der Waals surface area contributed by atoms with E-state index in [-0.39, 0.29) is 6.04 Å². The van der Waals surface area contributed by atoms with Crippen molar-refractivity contribution < 1.29 is 5.11 Å². The molecule has 2 aliphatic heterocycles. The van der Waals surface area contributed by atoms with Crippen molar-refractivity contribution in [2.24, 2.45) is 4.99 Å². The third-order valence-corrected chi connectivity index (χ3v) is 5.74. The smallest absolute Gasteiger partial charge is 0.139 e. The largest absolute Gasteiger partial charge is 0.390 e. The number of aryl methyl sites for hydroxylation is 1. The number of rotatable bonds is 2. The first-order valence-electron chi connectivity index (χ1n) is 9.15. The number of fused-ring (bicyclic) bond motifs is 2. The minimum atomic E-state index is -0.676. The molecular weight excluding hydrogens is 344 g/mol. The number of benzene rings is 1. The van der Waals surface area contributed by atoms with Crippen molar-refractivity contribution in [3.63, 3.8) is 0 Å². The third-order valence-electron chi connectivity index (χ3n) is 4.78. The van der Waals surface area contributed by atoms with Crippen molar-refractivity contribution in [1.82, 2.24) is 10.2 Å². The highest BCUT2D eigenvalue weighted by molar-refractivity contribution is 7.16. The molecule has 1 aromatic carbocycles. The van der Waals surface area contributed by atoms with Gasteiger partial charge in [0.2, 0.25) is 0 Å². The molecule has 1 atom stereocenters. The van der Waals surface area contributed by atoms with Crippen LogP contribution in [0.4, 0.5) is 16.4 Å². The standard InChI is InChI=1S/C20H26N4OS/c1-13-10-15-18(24-9-8-21-14(12-24)11-20(2,3)25)22-16-6-4-5-7-17(16)23-19(15)26-13/h4-7,10,14,21,23,25H,8-9,11-12H2,1-3H3/t14-/m0/s1. The van der Waals surface area contributed by atoms with Gasteiger partial charge in [0.1, 0.15) is 10.8 Å². The molecule has 4 rings (SSSR count). The van der Waals surface area contributed by atoms with Gasteiger partial charge in [-0.3, -0.25) is 0 Å². The van der Waals surface area contributed by atoms with Crippen molar-refractivity contribution in [2.75, 3.05) is 25.0 Å². The van der Waals surface area contributed by atoms with Crippen LogP contribution in [0, 0.1) is 6.92 Å². The van der Waals surface area contributed by atoms with Gasteiger partial charge in [0.15, 0.2) is 0 Å². The van der Waals surface area contributed by atoms with Crippen molar-refractivity contribution in [1.29, 1.82) is 0 Å². The Kier molecular flexibility index (Phi) is 4.50. The van der Waals surface area contributed by atoms with Gasteiger partial charge in [-0.15, -0.1) is 11.3 Å². The number of amidine groups is 1. The minimum Gasteiger partial charge on any atom is -0.390 e. The van der Waals surface area contributed by atoms with Crippen LogP contribution in [-0.4, -0.2) is 47.1 Å². The number of hydrogen-bond donors (Lipinski definition) is 3. The average Bonchev–Trinajstić information content (AvgIpc) is 2.85. The fourth-order valence-corrected chi connectivity index (χ4v) is 4.67. The maximum Gasteiger partial charge on any atom is 0.139 e. The minimum absolute atomic E-state index is 0.251. The Morgan fingerprint density at radius 3 is 2.96 bits per heavy atom. The number of piperazine rings is 1. The average molecular weight is 371 g/mol. The van der Waals surface area contributed by atoms with Gasteiger partial charge in [-0.25, -0.2) is 4.99 Å². The molecule has 1 aromatic heterocycles. The molecule has 3 heterocycles. The molecule has 138 valence electrons. The van der Waals surface area contributed by atoms with Crippen LogP contribution < -0.4 is 10.6 Å². The molecule has 0 saturated carbocycles. The molecule has 3 N–H and O–H groups in total. The Bertz CT molecular complexity index is 837. The predicted octanol–water partition coefficient (Wildman–Crippen LogP) is 3.63. The monoisotopic (exact) mass is 370 g/mol. The summed E-state index contributed by atoms with van der Waals surface area (Å²) in [4.78, 5) is 8.68. The Hall–Kier alpha value is -1.89. The summed E-state index contributed by atoms with van der Waals surface area (Å²) in [5, 5.41) is 18.5. The number of aliphatic imine (C=N–C) groups is 1. The van der Waals surface area contributed by atoms with E-state index in [0.29, 0.717) is 0 Å². The van der Waals surface area contributed by atoms with Crippen LogP contribution >= 0.6 is 11.3 Å². The molecule has 0 spiro atoms. The molecule has 1 fully saturated rings. The molecule has 0 radical (unpaired) electrons. The number of thiophene rings is 1. The molecule has 0 amide bonds. The van der Waals surface area contributed by atoms with Gasteiger partial charge in [-0.2, -0.15) is 0 Å². The molecule has 5 nitrogen and oxygen atoms in total. The first-order valence-corrected chi connectivity index (χ1v) is 9.97. The van der Waals surface area contributed by atoms with Crippen LogP contribution in [0.15, 0.2) is 35.3 Å². The van der Waals surface area contributed by atoms with E-state index in [1.165, 1.54) is 10.4 Å². The van der Waals surface area contributed by atoms with E-state index >= 15 is 0 Å². The highest BCUT2D eigenvalue weighted by atomic mass is 32.1. The zero-order chi connectivity index (χ0) is 18.3. The molecular formula is C20H26N4OS. The molecule has 26 heavy (non-hydrogen) atoms. The van der Waals surface area contributed by atoms with Gasteiger partial charge < -0.3 is 20.6 Å². The van der Waals surface area contributed by atoms with Crippen LogP contribution in [0.3, 0.4) is 0 Å². The molecule has 1 saturated heterocycles. The van der Waals surface area contributed by atoms with Gasteiger partial charge in [0.25, 0.3) is 0 Å². The molecule has 2 aromatic rings. The molecule has 0 bridgehead atoms. The van der Waals surface area contributed by atoms with Crippen LogP contribution in [-0.2, 0) is 0 Å². The lowest BCUT2D eigenvalue weighted by molar-refractivity contribution is 0.0524. The molecule has 0 unspecified atom stereocenters. The van der Waals surface area contributed by atoms with Crippen LogP contribution in [0.25, 0.3) is 0 Å². The number of nitrogens with zero attached hydrogens (tertiary/aromatic N) is 2. The highest BCUT2D eigenvalue weighted by Crippen LogP contribution is 2.39. The lowest BCUT2D eigenvalue weighted by Crippen LogP contribution is -2.54. The van der Waals surface area contributed by atoms with Gasteiger partial charge in [-0.1, -0.05) is 12.1 Å². The van der Waals surface area contributed by atoms with Crippen molar-refractivity contribution in [3.05, 3.63) is 40.8 Å². The normalized spacial score (nSPS) is 19.9. The fourth-order valence-electron chi connectivity index (χ4n) is 3.75. The number of hydrogen-bond acceptors (Lipinski definition) is 6. The lowest BCUT2D eigenvalue weighted by Gasteiger charge is -2.37. The second-order valence-corrected chi connectivity index (χ2v) is 9.05. The number of nitrogens with one attached hydrogen (secondary N) is 2. The Morgan fingerprint density at radius 2 is 2.15 bits per heavy atom. The summed E-state index contributed by atoms with van der Waals surface area (Å²) >= 11 is 1.77. The lowest BCUT2D eigenvalue weighted by atomic mass is 9.97. The van der Waals surface area contributed by atoms with Gasteiger partial charge in [-0.05, 0) is 45.4 Å². The Balaban J connectivity index is 1.70. The van der Waals surface area contributed by atoms with Gasteiger partial charge in [0, 0.05) is 30.6 Å². The van der Waals surface area contributed by atoms with Crippen molar-refractivity contribution in [3.8, 4) is 0 Å². The first kappa shape index (κ1) is 17.5.